The van der Waals surface area contributed by atoms with E-state index in [0.717, 1.165) is 22.3 Å². The third-order valence-electron chi connectivity index (χ3n) is 5.97. The van der Waals surface area contributed by atoms with E-state index in [0.29, 0.717) is 0 Å². The van der Waals surface area contributed by atoms with Gasteiger partial charge in [-0.1, -0.05) is 48.5 Å². The lowest BCUT2D eigenvalue weighted by atomic mass is 9.98. The van der Waals surface area contributed by atoms with E-state index in [1.807, 2.05) is 48.5 Å². The molecule has 0 bridgehead atoms. The fourth-order valence-electron chi connectivity index (χ4n) is 4.16. The van der Waals surface area contributed by atoms with Crippen LogP contribution in [0.4, 0.5) is 4.79 Å². The largest absolute Gasteiger partial charge is 0.481 e. The molecule has 0 radical (unpaired) electrons. The van der Waals surface area contributed by atoms with Gasteiger partial charge in [0.2, 0.25) is 11.8 Å². The van der Waals surface area contributed by atoms with E-state index in [2.05, 4.69) is 10.6 Å². The summed E-state index contributed by atoms with van der Waals surface area (Å²) in [7, 11) is 3.23. The highest BCUT2D eigenvalue weighted by Crippen LogP contribution is 2.44. The van der Waals surface area contributed by atoms with Crippen LogP contribution in [0.5, 0.6) is 0 Å². The molecule has 2 unspecified atom stereocenters. The summed E-state index contributed by atoms with van der Waals surface area (Å²) in [4.78, 5) is 49.7. The molecule has 1 aliphatic rings. The van der Waals surface area contributed by atoms with Gasteiger partial charge in [-0.15, -0.1) is 0 Å². The Morgan fingerprint density at radius 2 is 1.54 bits per heavy atom. The SMILES string of the molecule is CC(CC(=O)N(C)C)NC(=O)C(CCC(=O)O)NC(=O)OCC1c2ccccc2-c2ccccc21. The number of nitrogens with zero attached hydrogens (tertiary/aromatic N) is 1. The number of amides is 3. The van der Waals surface area contributed by atoms with E-state index in [4.69, 9.17) is 9.84 Å². The number of carboxylic acid groups (broad SMARTS) is 1. The predicted octanol–water partition coefficient (Wildman–Crippen LogP) is 2.74. The van der Waals surface area contributed by atoms with Gasteiger partial charge in [0.05, 0.1) is 0 Å². The van der Waals surface area contributed by atoms with Gasteiger partial charge in [-0.05, 0) is 35.6 Å². The van der Waals surface area contributed by atoms with Gasteiger partial charge in [-0.2, -0.15) is 0 Å². The highest BCUT2D eigenvalue weighted by atomic mass is 16.5. The van der Waals surface area contributed by atoms with Gasteiger partial charge >= 0.3 is 12.1 Å². The molecule has 186 valence electrons. The number of carbonyl (C=O) groups excluding carboxylic acids is 3. The zero-order valence-electron chi connectivity index (χ0n) is 20.1. The minimum absolute atomic E-state index is 0.0703. The summed E-state index contributed by atoms with van der Waals surface area (Å²) < 4.78 is 5.49. The van der Waals surface area contributed by atoms with Crippen molar-refractivity contribution in [2.45, 2.75) is 44.2 Å². The molecule has 0 heterocycles. The van der Waals surface area contributed by atoms with Crippen LogP contribution in [-0.2, 0) is 19.1 Å². The number of ether oxygens (including phenoxy) is 1. The van der Waals surface area contributed by atoms with Crippen molar-refractivity contribution in [1.29, 1.82) is 0 Å². The van der Waals surface area contributed by atoms with E-state index >= 15 is 0 Å². The third kappa shape index (κ3) is 6.59. The number of rotatable bonds is 10. The maximum atomic E-state index is 12.7. The lowest BCUT2D eigenvalue weighted by molar-refractivity contribution is -0.137. The fourth-order valence-corrected chi connectivity index (χ4v) is 4.16. The molecule has 0 aliphatic heterocycles. The van der Waals surface area contributed by atoms with Crippen LogP contribution < -0.4 is 10.6 Å². The Morgan fingerprint density at radius 1 is 0.971 bits per heavy atom. The topological polar surface area (TPSA) is 125 Å². The zero-order chi connectivity index (χ0) is 25.5. The van der Waals surface area contributed by atoms with Crippen LogP contribution >= 0.6 is 0 Å². The quantitative estimate of drug-likeness (QED) is 0.479. The monoisotopic (exact) mass is 481 g/mol. The van der Waals surface area contributed by atoms with E-state index in [1.165, 1.54) is 4.90 Å². The van der Waals surface area contributed by atoms with Crippen LogP contribution in [0.2, 0.25) is 0 Å². The van der Waals surface area contributed by atoms with Crippen molar-refractivity contribution >= 4 is 23.9 Å². The first-order valence-corrected chi connectivity index (χ1v) is 11.5. The van der Waals surface area contributed by atoms with Crippen LogP contribution in [0.25, 0.3) is 11.1 Å². The second kappa shape index (κ2) is 11.5. The maximum absolute atomic E-state index is 12.7. The average molecular weight is 482 g/mol. The Balaban J connectivity index is 1.63. The van der Waals surface area contributed by atoms with Crippen LogP contribution in [0.1, 0.15) is 43.2 Å². The van der Waals surface area contributed by atoms with Gasteiger partial charge in [0, 0.05) is 38.9 Å². The molecule has 0 spiro atoms. The normalized spacial score (nSPS) is 13.7. The van der Waals surface area contributed by atoms with Gasteiger partial charge in [0.15, 0.2) is 0 Å². The molecular weight excluding hydrogens is 450 g/mol. The lowest BCUT2D eigenvalue weighted by Gasteiger charge is -2.22. The van der Waals surface area contributed by atoms with Gasteiger partial charge in [-0.3, -0.25) is 14.4 Å². The summed E-state index contributed by atoms with van der Waals surface area (Å²) in [5, 5.41) is 14.2. The number of hydrogen-bond donors (Lipinski definition) is 3. The maximum Gasteiger partial charge on any atom is 0.407 e. The standard InChI is InChI=1S/C26H31N3O6/c1-16(14-23(30)29(2)3)27-25(33)22(12-13-24(31)32)28-26(34)35-15-21-19-10-6-4-8-17(19)18-9-5-7-11-20(18)21/h4-11,16,21-22H,12-15H2,1-3H3,(H,27,33)(H,28,34)(H,31,32). The van der Waals surface area contributed by atoms with Crippen LogP contribution in [-0.4, -0.2) is 66.7 Å². The predicted molar refractivity (Wildman–Crippen MR) is 130 cm³/mol. The first-order valence-electron chi connectivity index (χ1n) is 11.5. The van der Waals surface area contributed by atoms with Crippen LogP contribution in [0.3, 0.4) is 0 Å². The van der Waals surface area contributed by atoms with Crippen LogP contribution in [0.15, 0.2) is 48.5 Å². The molecule has 35 heavy (non-hydrogen) atoms. The Morgan fingerprint density at radius 3 is 2.09 bits per heavy atom. The smallest absolute Gasteiger partial charge is 0.407 e. The Bertz CT molecular complexity index is 1050. The van der Waals surface area contributed by atoms with Gasteiger partial charge in [0.1, 0.15) is 12.6 Å². The first-order chi connectivity index (χ1) is 16.7. The molecule has 2 aromatic carbocycles. The molecule has 9 heteroatoms. The summed E-state index contributed by atoms with van der Waals surface area (Å²) in [6.45, 7) is 1.74. The molecule has 1 aliphatic carbocycles. The number of carbonyl (C=O) groups is 4. The molecule has 0 saturated heterocycles. The third-order valence-corrected chi connectivity index (χ3v) is 5.97. The number of hydrogen-bond acceptors (Lipinski definition) is 5. The minimum Gasteiger partial charge on any atom is -0.481 e. The second-order valence-electron chi connectivity index (χ2n) is 8.86. The molecule has 0 aromatic heterocycles. The Hall–Kier alpha value is -3.88. The first kappa shape index (κ1) is 25.7. The molecule has 2 aromatic rings. The molecule has 9 nitrogen and oxygen atoms in total. The Kier molecular flexibility index (Phi) is 8.46. The van der Waals surface area contributed by atoms with Crippen LogP contribution in [0, 0.1) is 0 Å². The van der Waals surface area contributed by atoms with Crippen molar-refractivity contribution in [3.8, 4) is 11.1 Å². The van der Waals surface area contributed by atoms with Gasteiger partial charge in [0.25, 0.3) is 0 Å². The molecule has 3 N–H and O–H groups in total. The lowest BCUT2D eigenvalue weighted by Crippen LogP contribution is -2.50. The van der Waals surface area contributed by atoms with Crippen molar-refractivity contribution in [1.82, 2.24) is 15.5 Å². The number of carboxylic acids is 1. The summed E-state index contributed by atoms with van der Waals surface area (Å²) in [6.07, 6.45) is -1.16. The van der Waals surface area contributed by atoms with Gasteiger partial charge in [-0.25, -0.2) is 4.79 Å². The number of nitrogens with one attached hydrogen (secondary N) is 2. The number of benzene rings is 2. The molecule has 0 saturated carbocycles. The molecular formula is C26H31N3O6. The van der Waals surface area contributed by atoms with Crippen molar-refractivity contribution in [2.24, 2.45) is 0 Å². The fraction of sp³-hybridized carbons (Fsp3) is 0.385. The number of fused-ring (bicyclic) bond motifs is 3. The van der Waals surface area contributed by atoms with Crippen molar-refractivity contribution in [2.75, 3.05) is 20.7 Å². The minimum atomic E-state index is -1.11. The molecule has 2 atom stereocenters. The van der Waals surface area contributed by atoms with Crippen molar-refractivity contribution < 1.29 is 29.0 Å². The van der Waals surface area contributed by atoms with Crippen molar-refractivity contribution in [3.05, 3.63) is 59.7 Å². The second-order valence-corrected chi connectivity index (χ2v) is 8.86. The van der Waals surface area contributed by atoms with E-state index in [1.54, 1.807) is 21.0 Å². The van der Waals surface area contributed by atoms with E-state index in [9.17, 15) is 19.2 Å². The molecule has 3 rings (SSSR count). The van der Waals surface area contributed by atoms with E-state index < -0.39 is 30.1 Å². The highest BCUT2D eigenvalue weighted by Gasteiger charge is 2.30. The van der Waals surface area contributed by atoms with Crippen molar-refractivity contribution in [3.63, 3.8) is 0 Å². The average Bonchev–Trinajstić information content (AvgIpc) is 3.13. The summed E-state index contributed by atoms with van der Waals surface area (Å²) in [6, 6.07) is 14.3. The molecule has 3 amide bonds. The highest BCUT2D eigenvalue weighted by molar-refractivity contribution is 5.87. The Labute approximate surface area is 204 Å². The number of aliphatic carboxylic acids is 1. The summed E-state index contributed by atoms with van der Waals surface area (Å²) in [5.41, 5.74) is 4.30. The molecule has 0 fully saturated rings. The summed E-state index contributed by atoms with van der Waals surface area (Å²) >= 11 is 0. The zero-order valence-corrected chi connectivity index (χ0v) is 20.1. The number of alkyl carbamates (subject to hydrolysis) is 1. The van der Waals surface area contributed by atoms with E-state index in [-0.39, 0.29) is 37.7 Å². The summed E-state index contributed by atoms with van der Waals surface area (Å²) in [5.74, 6) is -1.97. The van der Waals surface area contributed by atoms with Gasteiger partial charge < -0.3 is 25.4 Å².